The number of carbonyl (C=O) groups is 1. The zero-order valence-corrected chi connectivity index (χ0v) is 6.60. The summed E-state index contributed by atoms with van der Waals surface area (Å²) in [6.45, 7) is 2.42. The molecule has 1 fully saturated rings. The van der Waals surface area contributed by atoms with Gasteiger partial charge < -0.3 is 16.4 Å². The van der Waals surface area contributed by atoms with Crippen LogP contribution in [0.15, 0.2) is 0 Å². The average molecular weight is 157 g/mol. The lowest BCUT2D eigenvalue weighted by Gasteiger charge is -2.27. The zero-order chi connectivity index (χ0) is 8.10. The second-order valence-electron chi connectivity index (χ2n) is 2.81. The molecule has 0 unspecified atom stereocenters. The Labute approximate surface area is 66.5 Å². The summed E-state index contributed by atoms with van der Waals surface area (Å²) in [6.07, 6.45) is 1.35. The number of rotatable bonds is 4. The molecule has 4 heteroatoms. The number of carbonyl (C=O) groups excluding carboxylic acids is 1. The minimum atomic E-state index is 0.127. The van der Waals surface area contributed by atoms with Gasteiger partial charge in [0.1, 0.15) is 0 Å². The maximum Gasteiger partial charge on any atom is 0.220 e. The number of amides is 1. The highest BCUT2D eigenvalue weighted by molar-refractivity contribution is 5.76. The zero-order valence-electron chi connectivity index (χ0n) is 6.60. The fourth-order valence-electron chi connectivity index (χ4n) is 0.953. The maximum absolute atomic E-state index is 11.0. The largest absolute Gasteiger partial charge is 0.351 e. The van der Waals surface area contributed by atoms with Crippen LogP contribution in [0.3, 0.4) is 0 Å². The van der Waals surface area contributed by atoms with Crippen LogP contribution in [0.25, 0.3) is 0 Å². The van der Waals surface area contributed by atoms with Gasteiger partial charge in [-0.1, -0.05) is 0 Å². The summed E-state index contributed by atoms with van der Waals surface area (Å²) in [5.74, 6) is 0.127. The Bertz CT molecular complexity index is 134. The van der Waals surface area contributed by atoms with Crippen LogP contribution in [0.1, 0.15) is 12.8 Å². The Morgan fingerprint density at radius 2 is 2.36 bits per heavy atom. The quantitative estimate of drug-likeness (QED) is 0.481. The molecule has 0 saturated carbocycles. The summed E-state index contributed by atoms with van der Waals surface area (Å²) in [5.41, 5.74) is 5.26. The van der Waals surface area contributed by atoms with E-state index in [4.69, 9.17) is 5.73 Å². The minimum Gasteiger partial charge on any atom is -0.351 e. The van der Waals surface area contributed by atoms with Crippen LogP contribution in [0.5, 0.6) is 0 Å². The van der Waals surface area contributed by atoms with E-state index >= 15 is 0 Å². The van der Waals surface area contributed by atoms with Crippen LogP contribution in [0, 0.1) is 0 Å². The van der Waals surface area contributed by atoms with E-state index in [0.29, 0.717) is 19.0 Å². The van der Waals surface area contributed by atoms with Gasteiger partial charge in [-0.05, 0) is 13.0 Å². The molecule has 1 heterocycles. The standard InChI is InChI=1S/C7H15N3O/c8-3-1-2-7(11)10-6-4-9-5-6/h6,9H,1-5,8H2,(H,10,11). The Morgan fingerprint density at radius 3 is 2.82 bits per heavy atom. The molecule has 1 aliphatic heterocycles. The summed E-state index contributed by atoms with van der Waals surface area (Å²) in [4.78, 5) is 11.0. The van der Waals surface area contributed by atoms with Crippen molar-refractivity contribution in [3.63, 3.8) is 0 Å². The Kier molecular flexibility index (Phi) is 3.32. The van der Waals surface area contributed by atoms with Crippen molar-refractivity contribution in [2.75, 3.05) is 19.6 Å². The van der Waals surface area contributed by atoms with E-state index in [0.717, 1.165) is 19.5 Å². The minimum absolute atomic E-state index is 0.127. The molecule has 0 aliphatic carbocycles. The summed E-state index contributed by atoms with van der Waals surface area (Å²) in [5, 5.41) is 5.98. The number of hydrogen-bond donors (Lipinski definition) is 3. The molecule has 64 valence electrons. The lowest BCUT2D eigenvalue weighted by molar-refractivity contribution is -0.122. The third kappa shape index (κ3) is 2.86. The molecule has 0 aromatic carbocycles. The van der Waals surface area contributed by atoms with Crippen LogP contribution >= 0.6 is 0 Å². The molecule has 0 spiro atoms. The molecular weight excluding hydrogens is 142 g/mol. The topological polar surface area (TPSA) is 67.2 Å². The molecule has 4 nitrogen and oxygen atoms in total. The monoisotopic (exact) mass is 157 g/mol. The van der Waals surface area contributed by atoms with Gasteiger partial charge in [0, 0.05) is 19.5 Å². The third-order valence-corrected chi connectivity index (χ3v) is 1.75. The van der Waals surface area contributed by atoms with Gasteiger partial charge in [0.05, 0.1) is 6.04 Å². The highest BCUT2D eigenvalue weighted by atomic mass is 16.1. The van der Waals surface area contributed by atoms with Crippen molar-refractivity contribution in [3.05, 3.63) is 0 Å². The van der Waals surface area contributed by atoms with Crippen LogP contribution in [0.4, 0.5) is 0 Å². The van der Waals surface area contributed by atoms with Crippen LogP contribution in [-0.4, -0.2) is 31.6 Å². The normalized spacial score (nSPS) is 17.5. The molecular formula is C7H15N3O. The highest BCUT2D eigenvalue weighted by Crippen LogP contribution is 1.93. The fourth-order valence-corrected chi connectivity index (χ4v) is 0.953. The van der Waals surface area contributed by atoms with Gasteiger partial charge in [-0.3, -0.25) is 4.79 Å². The van der Waals surface area contributed by atoms with E-state index in [-0.39, 0.29) is 5.91 Å². The molecule has 4 N–H and O–H groups in total. The smallest absolute Gasteiger partial charge is 0.220 e. The Balaban J connectivity index is 2.00. The van der Waals surface area contributed by atoms with E-state index in [1.54, 1.807) is 0 Å². The molecule has 1 saturated heterocycles. The van der Waals surface area contributed by atoms with Crippen molar-refractivity contribution >= 4 is 5.91 Å². The first-order valence-corrected chi connectivity index (χ1v) is 4.03. The first-order chi connectivity index (χ1) is 5.33. The van der Waals surface area contributed by atoms with Crippen molar-refractivity contribution in [2.24, 2.45) is 5.73 Å². The van der Waals surface area contributed by atoms with Gasteiger partial charge in [-0.2, -0.15) is 0 Å². The van der Waals surface area contributed by atoms with E-state index in [1.165, 1.54) is 0 Å². The SMILES string of the molecule is NCCCC(=O)NC1CNC1. The molecule has 1 aliphatic rings. The van der Waals surface area contributed by atoms with Crippen molar-refractivity contribution < 1.29 is 4.79 Å². The highest BCUT2D eigenvalue weighted by Gasteiger charge is 2.17. The predicted octanol–water partition coefficient (Wildman–Crippen LogP) is -1.19. The summed E-state index contributed by atoms with van der Waals surface area (Å²) in [6, 6.07) is 0.361. The van der Waals surface area contributed by atoms with Crippen molar-refractivity contribution in [1.82, 2.24) is 10.6 Å². The Morgan fingerprint density at radius 1 is 1.64 bits per heavy atom. The van der Waals surface area contributed by atoms with Crippen LogP contribution in [0.2, 0.25) is 0 Å². The van der Waals surface area contributed by atoms with Crippen LogP contribution < -0.4 is 16.4 Å². The number of nitrogens with two attached hydrogens (primary N) is 1. The van der Waals surface area contributed by atoms with E-state index in [2.05, 4.69) is 10.6 Å². The summed E-state index contributed by atoms with van der Waals surface area (Å²) < 4.78 is 0. The van der Waals surface area contributed by atoms with E-state index in [1.807, 2.05) is 0 Å². The van der Waals surface area contributed by atoms with Gasteiger partial charge in [0.2, 0.25) is 5.91 Å². The summed E-state index contributed by atoms with van der Waals surface area (Å²) >= 11 is 0. The molecule has 1 rings (SSSR count). The van der Waals surface area contributed by atoms with E-state index in [9.17, 15) is 4.79 Å². The second kappa shape index (κ2) is 4.31. The molecule has 1 amide bonds. The van der Waals surface area contributed by atoms with Gasteiger partial charge in [-0.15, -0.1) is 0 Å². The third-order valence-electron chi connectivity index (χ3n) is 1.75. The lowest BCUT2D eigenvalue weighted by Crippen LogP contribution is -2.56. The molecule has 0 aromatic rings. The summed E-state index contributed by atoms with van der Waals surface area (Å²) in [7, 11) is 0. The van der Waals surface area contributed by atoms with Gasteiger partial charge in [-0.25, -0.2) is 0 Å². The predicted molar refractivity (Wildman–Crippen MR) is 43.1 cm³/mol. The number of hydrogen-bond acceptors (Lipinski definition) is 3. The lowest BCUT2D eigenvalue weighted by atomic mass is 10.1. The van der Waals surface area contributed by atoms with E-state index < -0.39 is 0 Å². The molecule has 0 radical (unpaired) electrons. The van der Waals surface area contributed by atoms with Crippen molar-refractivity contribution in [3.8, 4) is 0 Å². The van der Waals surface area contributed by atoms with Gasteiger partial charge >= 0.3 is 0 Å². The van der Waals surface area contributed by atoms with Gasteiger partial charge in [0.15, 0.2) is 0 Å². The first kappa shape index (κ1) is 8.49. The fraction of sp³-hybridized carbons (Fsp3) is 0.857. The van der Waals surface area contributed by atoms with Crippen LogP contribution in [-0.2, 0) is 4.79 Å². The molecule has 0 aromatic heterocycles. The second-order valence-corrected chi connectivity index (χ2v) is 2.81. The maximum atomic E-state index is 11.0. The average Bonchev–Trinajstić information content (AvgIpc) is 1.93. The first-order valence-electron chi connectivity index (χ1n) is 4.03. The molecule has 11 heavy (non-hydrogen) atoms. The molecule has 0 atom stereocenters. The van der Waals surface area contributed by atoms with Crippen molar-refractivity contribution in [1.29, 1.82) is 0 Å². The molecule has 0 bridgehead atoms. The number of nitrogens with one attached hydrogen (secondary N) is 2. The van der Waals surface area contributed by atoms with Crippen molar-refractivity contribution in [2.45, 2.75) is 18.9 Å². The Hall–Kier alpha value is -0.610. The van der Waals surface area contributed by atoms with Gasteiger partial charge in [0.25, 0.3) is 0 Å².